The highest BCUT2D eigenvalue weighted by Crippen LogP contribution is 2.48. The molecule has 0 aliphatic rings. The van der Waals surface area contributed by atoms with Crippen LogP contribution in [0.15, 0.2) is 48.5 Å². The third kappa shape index (κ3) is 2.21. The monoisotopic (exact) mass is 366 g/mol. The molecule has 0 radical (unpaired) electrons. The van der Waals surface area contributed by atoms with E-state index in [1.807, 2.05) is 0 Å². The van der Waals surface area contributed by atoms with Gasteiger partial charge in [-0.2, -0.15) is 13.2 Å². The number of benzene rings is 2. The molecule has 122 valence electrons. The Kier molecular flexibility index (Phi) is 3.38. The van der Waals surface area contributed by atoms with Gasteiger partial charge in [0.2, 0.25) is 0 Å². The molecule has 0 bridgehead atoms. The lowest BCUT2D eigenvalue weighted by Gasteiger charge is -2.26. The van der Waals surface area contributed by atoms with Crippen LogP contribution in [0, 0.1) is 0 Å². The van der Waals surface area contributed by atoms with E-state index in [1.165, 1.54) is 0 Å². The summed E-state index contributed by atoms with van der Waals surface area (Å²) in [6.07, 6.45) is -4.94. The van der Waals surface area contributed by atoms with Gasteiger partial charge in [0.1, 0.15) is 10.0 Å². The molecule has 2 heterocycles. The molecule has 0 amide bonds. The molecule has 0 atom stereocenters. The number of aromatic nitrogens is 2. The van der Waals surface area contributed by atoms with Crippen LogP contribution < -0.4 is 0 Å². The highest BCUT2D eigenvalue weighted by Gasteiger charge is 2.60. The molecule has 0 aliphatic carbocycles. The minimum absolute atomic E-state index is 0.418. The molecule has 0 saturated heterocycles. The Balaban J connectivity index is 1.98. The first-order chi connectivity index (χ1) is 11.4. The lowest BCUT2D eigenvalue weighted by molar-refractivity contribution is -0.248. The van der Waals surface area contributed by atoms with Crippen molar-refractivity contribution in [1.29, 1.82) is 0 Å². The predicted molar refractivity (Wildman–Crippen MR) is 88.3 cm³/mol. The highest BCUT2D eigenvalue weighted by molar-refractivity contribution is 7.20. The Morgan fingerprint density at radius 3 is 1.54 bits per heavy atom. The molecule has 2 aromatic heterocycles. The molecule has 0 fully saturated rings. The topological polar surface area (TPSA) is 46.0 Å². The molecule has 0 saturated carbocycles. The normalized spacial score (nSPS) is 13.0. The molecule has 24 heavy (non-hydrogen) atoms. The van der Waals surface area contributed by atoms with Gasteiger partial charge >= 0.3 is 6.18 Å². The smallest absolute Gasteiger partial charge is 0.369 e. The van der Waals surface area contributed by atoms with Crippen LogP contribution in [-0.4, -0.2) is 21.3 Å². The van der Waals surface area contributed by atoms with Crippen LogP contribution >= 0.6 is 22.7 Å². The van der Waals surface area contributed by atoms with Crippen LogP contribution in [0.1, 0.15) is 10.0 Å². The number of aliphatic hydroxyl groups is 1. The van der Waals surface area contributed by atoms with E-state index in [0.29, 0.717) is 20.4 Å². The van der Waals surface area contributed by atoms with Gasteiger partial charge < -0.3 is 5.11 Å². The molecule has 0 unspecified atom stereocenters. The summed E-state index contributed by atoms with van der Waals surface area (Å²) in [5.74, 6) is 0. The second kappa shape index (κ2) is 5.23. The van der Waals surface area contributed by atoms with Gasteiger partial charge in [-0.05, 0) is 24.3 Å². The van der Waals surface area contributed by atoms with Crippen molar-refractivity contribution in [2.45, 2.75) is 11.8 Å². The van der Waals surface area contributed by atoms with Gasteiger partial charge in [-0.15, -0.1) is 22.7 Å². The largest absolute Gasteiger partial charge is 0.430 e. The zero-order chi connectivity index (χ0) is 16.9. The maximum Gasteiger partial charge on any atom is 0.430 e. The minimum atomic E-state index is -4.94. The van der Waals surface area contributed by atoms with E-state index in [1.54, 1.807) is 48.5 Å². The van der Waals surface area contributed by atoms with Crippen LogP contribution in [-0.2, 0) is 5.60 Å². The van der Waals surface area contributed by atoms with Crippen molar-refractivity contribution >= 4 is 43.1 Å². The summed E-state index contributed by atoms with van der Waals surface area (Å²) in [5, 5.41) is 9.82. The minimum Gasteiger partial charge on any atom is -0.369 e. The fraction of sp³-hybridized carbons (Fsp3) is 0.125. The zero-order valence-corrected chi connectivity index (χ0v) is 13.5. The second-order valence-corrected chi connectivity index (χ2v) is 7.24. The first-order valence-electron chi connectivity index (χ1n) is 6.91. The van der Waals surface area contributed by atoms with Crippen molar-refractivity contribution < 1.29 is 18.3 Å². The number of hydrogen-bond donors (Lipinski definition) is 1. The van der Waals surface area contributed by atoms with Crippen LogP contribution in [0.4, 0.5) is 13.2 Å². The summed E-state index contributed by atoms with van der Waals surface area (Å²) in [6.45, 7) is 0. The van der Waals surface area contributed by atoms with E-state index in [-0.39, 0.29) is 0 Å². The van der Waals surface area contributed by atoms with Gasteiger partial charge in [0.25, 0.3) is 5.60 Å². The Labute approximate surface area is 142 Å². The average Bonchev–Trinajstić information content (AvgIpc) is 3.16. The lowest BCUT2D eigenvalue weighted by Crippen LogP contribution is -2.43. The predicted octanol–water partition coefficient (Wildman–Crippen LogP) is 4.70. The fourth-order valence-corrected chi connectivity index (χ4v) is 4.61. The quantitative estimate of drug-likeness (QED) is 0.559. The number of para-hydroxylation sites is 2. The summed E-state index contributed by atoms with van der Waals surface area (Å²) in [7, 11) is 0. The number of halogens is 3. The van der Waals surface area contributed by atoms with Crippen molar-refractivity contribution in [3.05, 3.63) is 58.5 Å². The molecule has 0 spiro atoms. The van der Waals surface area contributed by atoms with Gasteiger partial charge in [0.15, 0.2) is 0 Å². The SMILES string of the molecule is OC(c1nc2ccccc2s1)(c1nc2ccccc2s1)C(F)(F)F. The van der Waals surface area contributed by atoms with E-state index in [2.05, 4.69) is 9.97 Å². The Bertz CT molecular complexity index is 898. The summed E-state index contributed by atoms with van der Waals surface area (Å²) in [6, 6.07) is 13.4. The van der Waals surface area contributed by atoms with Gasteiger partial charge in [-0.25, -0.2) is 9.97 Å². The van der Waals surface area contributed by atoms with Gasteiger partial charge in [0.05, 0.1) is 20.4 Å². The average molecular weight is 366 g/mol. The lowest BCUT2D eigenvalue weighted by atomic mass is 10.1. The number of alkyl halides is 3. The number of hydrogen-bond acceptors (Lipinski definition) is 5. The van der Waals surface area contributed by atoms with Crippen LogP contribution in [0.25, 0.3) is 20.4 Å². The Morgan fingerprint density at radius 1 is 0.750 bits per heavy atom. The standard InChI is InChI=1S/C16H9F3N2OS2/c17-16(18,19)15(22,13-20-9-5-1-3-7-11(9)23-13)14-21-10-6-2-4-8-12(10)24-14/h1-8,22H. The molecule has 3 nitrogen and oxygen atoms in total. The maximum atomic E-state index is 13.8. The van der Waals surface area contributed by atoms with Crippen LogP contribution in [0.5, 0.6) is 0 Å². The third-order valence-electron chi connectivity index (χ3n) is 3.62. The van der Waals surface area contributed by atoms with Crippen molar-refractivity contribution in [1.82, 2.24) is 9.97 Å². The van der Waals surface area contributed by atoms with Crippen LogP contribution in [0.3, 0.4) is 0 Å². The fourth-order valence-electron chi connectivity index (χ4n) is 2.39. The number of thiazole rings is 2. The molecule has 8 heteroatoms. The van der Waals surface area contributed by atoms with E-state index < -0.39 is 21.8 Å². The molecule has 1 N–H and O–H groups in total. The Morgan fingerprint density at radius 2 is 1.17 bits per heavy atom. The molecular formula is C16H9F3N2OS2. The third-order valence-corrected chi connectivity index (χ3v) is 5.91. The number of rotatable bonds is 2. The number of fused-ring (bicyclic) bond motifs is 2. The second-order valence-electron chi connectivity index (χ2n) is 5.18. The molecular weight excluding hydrogens is 357 g/mol. The number of nitrogens with zero attached hydrogens (tertiary/aromatic N) is 2. The summed E-state index contributed by atoms with van der Waals surface area (Å²) < 4.78 is 42.6. The van der Waals surface area contributed by atoms with Crippen LogP contribution in [0.2, 0.25) is 0 Å². The van der Waals surface area contributed by atoms with Crippen molar-refractivity contribution in [2.75, 3.05) is 0 Å². The summed E-state index contributed by atoms with van der Waals surface area (Å²) in [4.78, 5) is 8.03. The van der Waals surface area contributed by atoms with Crippen molar-refractivity contribution in [3.63, 3.8) is 0 Å². The van der Waals surface area contributed by atoms with E-state index in [9.17, 15) is 18.3 Å². The van der Waals surface area contributed by atoms with Crippen molar-refractivity contribution in [2.24, 2.45) is 0 Å². The highest BCUT2D eigenvalue weighted by atomic mass is 32.1. The maximum absolute atomic E-state index is 13.8. The summed E-state index contributed by atoms with van der Waals surface area (Å²) in [5.41, 5.74) is -2.39. The van der Waals surface area contributed by atoms with Crippen molar-refractivity contribution in [3.8, 4) is 0 Å². The van der Waals surface area contributed by atoms with Gasteiger partial charge in [-0.1, -0.05) is 24.3 Å². The summed E-state index contributed by atoms with van der Waals surface area (Å²) >= 11 is 1.64. The van der Waals surface area contributed by atoms with E-state index in [0.717, 1.165) is 22.7 Å². The first-order valence-corrected chi connectivity index (χ1v) is 8.54. The van der Waals surface area contributed by atoms with E-state index >= 15 is 0 Å². The van der Waals surface area contributed by atoms with Gasteiger partial charge in [0, 0.05) is 0 Å². The molecule has 4 aromatic rings. The van der Waals surface area contributed by atoms with E-state index in [4.69, 9.17) is 0 Å². The molecule has 4 rings (SSSR count). The molecule has 2 aromatic carbocycles. The van der Waals surface area contributed by atoms with Gasteiger partial charge in [-0.3, -0.25) is 0 Å². The zero-order valence-electron chi connectivity index (χ0n) is 11.9. The first kappa shape index (κ1) is 15.5. The Hall–Kier alpha value is -2.03. The molecule has 0 aliphatic heterocycles.